The van der Waals surface area contributed by atoms with Gasteiger partial charge in [-0.05, 0) is 59.9 Å². The summed E-state index contributed by atoms with van der Waals surface area (Å²) in [5.74, 6) is 0.840. The van der Waals surface area contributed by atoms with E-state index in [1.54, 1.807) is 0 Å². The van der Waals surface area contributed by atoms with Gasteiger partial charge in [0.25, 0.3) is 0 Å². The second-order valence-corrected chi connectivity index (χ2v) is 4.56. The van der Waals surface area contributed by atoms with Crippen molar-refractivity contribution in [3.8, 4) is 5.75 Å². The smallest absolute Gasteiger partial charge is 0.133 e. The number of benzene rings is 1. The van der Waals surface area contributed by atoms with Crippen molar-refractivity contribution in [2.24, 2.45) is 5.73 Å². The molecular weight excluding hydrogens is 277 g/mol. The molecule has 2 N–H and O–H groups in total. The quantitative estimate of drug-likeness (QED) is 0.813. The Bertz CT molecular complexity index is 307. The summed E-state index contributed by atoms with van der Waals surface area (Å²) >= 11 is 9.22. The summed E-state index contributed by atoms with van der Waals surface area (Å²) in [5, 5.41) is 0.706. The normalized spacial score (nSPS) is 10.3. The van der Waals surface area contributed by atoms with Gasteiger partial charge < -0.3 is 10.5 Å². The number of halogens is 2. The van der Waals surface area contributed by atoms with Crippen molar-refractivity contribution in [1.29, 1.82) is 0 Å². The van der Waals surface area contributed by atoms with Gasteiger partial charge in [0.1, 0.15) is 5.75 Å². The van der Waals surface area contributed by atoms with Gasteiger partial charge in [-0.15, -0.1) is 0 Å². The number of rotatable bonds is 6. The Morgan fingerprint density at radius 3 is 2.73 bits per heavy atom. The molecule has 2 nitrogen and oxygen atoms in total. The molecular formula is C11H15BrClNO. The molecule has 1 aromatic carbocycles. The fraction of sp³-hybridized carbons (Fsp3) is 0.455. The Labute approximate surface area is 104 Å². The summed E-state index contributed by atoms with van der Waals surface area (Å²) in [6, 6.07) is 5.52. The molecule has 0 spiro atoms. The summed E-state index contributed by atoms with van der Waals surface area (Å²) in [6.45, 7) is 1.48. The number of hydrogen-bond donors (Lipinski definition) is 1. The molecule has 0 aliphatic heterocycles. The summed E-state index contributed by atoms with van der Waals surface area (Å²) in [7, 11) is 0. The van der Waals surface area contributed by atoms with Crippen LogP contribution >= 0.6 is 27.5 Å². The van der Waals surface area contributed by atoms with Crippen LogP contribution in [0, 0.1) is 0 Å². The van der Waals surface area contributed by atoms with Gasteiger partial charge in [-0.2, -0.15) is 0 Å². The second-order valence-electron chi connectivity index (χ2n) is 3.27. The molecule has 0 saturated carbocycles. The molecule has 1 aromatic rings. The minimum atomic E-state index is 0.706. The minimum Gasteiger partial charge on any atom is -0.492 e. The highest BCUT2D eigenvalue weighted by atomic mass is 79.9. The predicted molar refractivity (Wildman–Crippen MR) is 67.6 cm³/mol. The molecule has 15 heavy (non-hydrogen) atoms. The van der Waals surface area contributed by atoms with Gasteiger partial charge in [0.2, 0.25) is 0 Å². The van der Waals surface area contributed by atoms with E-state index in [1.807, 2.05) is 18.2 Å². The van der Waals surface area contributed by atoms with Crippen LogP contribution in [-0.2, 0) is 0 Å². The van der Waals surface area contributed by atoms with Crippen molar-refractivity contribution in [3.63, 3.8) is 0 Å². The van der Waals surface area contributed by atoms with Crippen LogP contribution in [-0.4, -0.2) is 13.2 Å². The lowest BCUT2D eigenvalue weighted by Crippen LogP contribution is -2.01. The van der Waals surface area contributed by atoms with E-state index in [1.165, 1.54) is 0 Å². The summed E-state index contributed by atoms with van der Waals surface area (Å²) in [4.78, 5) is 0. The highest BCUT2D eigenvalue weighted by molar-refractivity contribution is 9.10. The van der Waals surface area contributed by atoms with Crippen molar-refractivity contribution < 1.29 is 4.74 Å². The second kappa shape index (κ2) is 7.09. The Hall–Kier alpha value is -0.250. The van der Waals surface area contributed by atoms with Crippen molar-refractivity contribution in [1.82, 2.24) is 0 Å². The van der Waals surface area contributed by atoms with Crippen LogP contribution in [0.2, 0.25) is 5.02 Å². The standard InChI is InChI=1S/C11H15BrClNO/c12-10-8-9(13)4-5-11(10)15-7-3-1-2-6-14/h4-5,8H,1-3,6-7,14H2. The molecule has 4 heteroatoms. The Balaban J connectivity index is 2.31. The fourth-order valence-corrected chi connectivity index (χ4v) is 1.99. The molecule has 0 unspecified atom stereocenters. The van der Waals surface area contributed by atoms with Crippen molar-refractivity contribution in [2.45, 2.75) is 19.3 Å². The van der Waals surface area contributed by atoms with Crippen LogP contribution in [0.15, 0.2) is 22.7 Å². The van der Waals surface area contributed by atoms with Gasteiger partial charge in [-0.3, -0.25) is 0 Å². The molecule has 0 aliphatic rings. The summed E-state index contributed by atoms with van der Waals surface area (Å²) < 4.78 is 6.49. The van der Waals surface area contributed by atoms with Crippen molar-refractivity contribution in [3.05, 3.63) is 27.7 Å². The predicted octanol–water partition coefficient (Wildman–Crippen LogP) is 3.61. The lowest BCUT2D eigenvalue weighted by atomic mass is 10.2. The first-order valence-corrected chi connectivity index (χ1v) is 6.19. The van der Waals surface area contributed by atoms with Gasteiger partial charge in [-0.25, -0.2) is 0 Å². The van der Waals surface area contributed by atoms with Gasteiger partial charge in [0, 0.05) is 5.02 Å². The molecule has 0 aromatic heterocycles. The summed E-state index contributed by atoms with van der Waals surface area (Å²) in [6.07, 6.45) is 3.21. The zero-order valence-corrected chi connectivity index (χ0v) is 10.9. The van der Waals surface area contributed by atoms with Gasteiger partial charge in [0.05, 0.1) is 11.1 Å². The number of hydrogen-bond acceptors (Lipinski definition) is 2. The van der Waals surface area contributed by atoms with Crippen LogP contribution in [0.4, 0.5) is 0 Å². The largest absolute Gasteiger partial charge is 0.492 e. The number of ether oxygens (including phenoxy) is 1. The van der Waals surface area contributed by atoms with E-state index in [9.17, 15) is 0 Å². The first-order chi connectivity index (χ1) is 7.24. The van der Waals surface area contributed by atoms with E-state index < -0.39 is 0 Å². The van der Waals surface area contributed by atoms with Crippen LogP contribution < -0.4 is 10.5 Å². The van der Waals surface area contributed by atoms with Crippen LogP contribution in [0.1, 0.15) is 19.3 Å². The lowest BCUT2D eigenvalue weighted by Gasteiger charge is -2.07. The summed E-state index contributed by atoms with van der Waals surface area (Å²) in [5.41, 5.74) is 5.40. The van der Waals surface area contributed by atoms with E-state index >= 15 is 0 Å². The molecule has 0 saturated heterocycles. The van der Waals surface area contributed by atoms with Crippen LogP contribution in [0.5, 0.6) is 5.75 Å². The molecule has 0 aliphatic carbocycles. The Morgan fingerprint density at radius 2 is 2.07 bits per heavy atom. The van der Waals surface area contributed by atoms with Crippen LogP contribution in [0.3, 0.4) is 0 Å². The first kappa shape index (κ1) is 12.8. The van der Waals surface area contributed by atoms with Gasteiger partial charge >= 0.3 is 0 Å². The minimum absolute atomic E-state index is 0.706. The van der Waals surface area contributed by atoms with E-state index in [2.05, 4.69) is 15.9 Å². The maximum Gasteiger partial charge on any atom is 0.133 e. The first-order valence-electron chi connectivity index (χ1n) is 5.02. The average Bonchev–Trinajstić information content (AvgIpc) is 2.20. The van der Waals surface area contributed by atoms with E-state index in [-0.39, 0.29) is 0 Å². The molecule has 1 rings (SSSR count). The Morgan fingerprint density at radius 1 is 1.27 bits per heavy atom. The number of unbranched alkanes of at least 4 members (excludes halogenated alkanes) is 2. The van der Waals surface area contributed by atoms with Gasteiger partial charge in [0.15, 0.2) is 0 Å². The highest BCUT2D eigenvalue weighted by Crippen LogP contribution is 2.28. The third-order valence-corrected chi connectivity index (χ3v) is 2.85. The zero-order valence-electron chi connectivity index (χ0n) is 8.51. The molecule has 84 valence electrons. The van der Waals surface area contributed by atoms with E-state index in [0.29, 0.717) is 5.02 Å². The van der Waals surface area contributed by atoms with Crippen molar-refractivity contribution in [2.75, 3.05) is 13.2 Å². The molecule has 0 amide bonds. The molecule has 0 bridgehead atoms. The zero-order chi connectivity index (χ0) is 11.1. The maximum absolute atomic E-state index is 5.82. The van der Waals surface area contributed by atoms with Crippen molar-refractivity contribution >= 4 is 27.5 Å². The third-order valence-electron chi connectivity index (χ3n) is 2.00. The Kier molecular flexibility index (Phi) is 6.06. The highest BCUT2D eigenvalue weighted by Gasteiger charge is 2.01. The fourth-order valence-electron chi connectivity index (χ4n) is 1.20. The topological polar surface area (TPSA) is 35.2 Å². The molecule has 0 atom stereocenters. The third kappa shape index (κ3) is 4.87. The average molecular weight is 293 g/mol. The maximum atomic E-state index is 5.82. The lowest BCUT2D eigenvalue weighted by molar-refractivity contribution is 0.304. The monoisotopic (exact) mass is 291 g/mol. The van der Waals surface area contributed by atoms with Gasteiger partial charge in [-0.1, -0.05) is 11.6 Å². The molecule has 0 radical (unpaired) electrons. The molecule has 0 heterocycles. The van der Waals surface area contributed by atoms with E-state index in [0.717, 1.165) is 42.6 Å². The number of nitrogens with two attached hydrogens (primary N) is 1. The molecule has 0 fully saturated rings. The van der Waals surface area contributed by atoms with Crippen LogP contribution in [0.25, 0.3) is 0 Å². The van der Waals surface area contributed by atoms with E-state index in [4.69, 9.17) is 22.1 Å². The SMILES string of the molecule is NCCCCCOc1ccc(Cl)cc1Br.